The summed E-state index contributed by atoms with van der Waals surface area (Å²) in [5, 5.41) is 0.344. The number of anilines is 1. The molecular formula is C21H17ClFNO4S. The van der Waals surface area contributed by atoms with Crippen LogP contribution in [0.5, 0.6) is 5.75 Å². The van der Waals surface area contributed by atoms with Crippen LogP contribution in [0.25, 0.3) is 0 Å². The fourth-order valence-electron chi connectivity index (χ4n) is 2.67. The maximum Gasteiger partial charge on any atom is 0.275 e. The molecule has 3 rings (SSSR count). The Balaban J connectivity index is 2.14. The van der Waals surface area contributed by atoms with Crippen molar-refractivity contribution in [2.75, 3.05) is 10.9 Å². The Kier molecular flexibility index (Phi) is 6.20. The van der Waals surface area contributed by atoms with Gasteiger partial charge in [-0.15, -0.1) is 0 Å². The Hall–Kier alpha value is -2.90. The van der Waals surface area contributed by atoms with Gasteiger partial charge in [-0.2, -0.15) is 4.31 Å². The molecule has 0 saturated heterocycles. The number of amides is 1. The van der Waals surface area contributed by atoms with Crippen LogP contribution in [0.4, 0.5) is 10.1 Å². The molecule has 29 heavy (non-hydrogen) atoms. The van der Waals surface area contributed by atoms with Gasteiger partial charge in [-0.25, -0.2) is 12.8 Å². The van der Waals surface area contributed by atoms with Crippen LogP contribution in [-0.4, -0.2) is 20.9 Å². The van der Waals surface area contributed by atoms with Gasteiger partial charge in [-0.05, 0) is 67.6 Å². The van der Waals surface area contributed by atoms with Crippen molar-refractivity contribution >= 4 is 33.2 Å². The normalized spacial score (nSPS) is 11.1. The van der Waals surface area contributed by atoms with Gasteiger partial charge in [0.2, 0.25) is 0 Å². The quantitative estimate of drug-likeness (QED) is 0.554. The number of rotatable bonds is 6. The maximum atomic E-state index is 14.2. The van der Waals surface area contributed by atoms with Crippen LogP contribution in [0.1, 0.15) is 17.3 Å². The molecule has 0 atom stereocenters. The molecule has 5 nitrogen and oxygen atoms in total. The zero-order valence-corrected chi connectivity index (χ0v) is 17.0. The first-order valence-corrected chi connectivity index (χ1v) is 10.5. The summed E-state index contributed by atoms with van der Waals surface area (Å²) in [5.41, 5.74) is -0.310. The Morgan fingerprint density at radius 1 is 1.00 bits per heavy atom. The van der Waals surface area contributed by atoms with Crippen LogP contribution < -0.4 is 9.04 Å². The van der Waals surface area contributed by atoms with Gasteiger partial charge in [-0.1, -0.05) is 23.7 Å². The molecule has 0 aromatic heterocycles. The molecule has 1 amide bonds. The SMILES string of the molecule is CCOc1ccc(N(C(=O)c2ccccc2F)S(=O)(=O)c2ccc(Cl)cc2)cc1. The lowest BCUT2D eigenvalue weighted by Crippen LogP contribution is -2.37. The molecule has 0 unspecified atom stereocenters. The van der Waals surface area contributed by atoms with E-state index in [9.17, 15) is 17.6 Å². The van der Waals surface area contributed by atoms with Crippen molar-refractivity contribution in [1.82, 2.24) is 0 Å². The zero-order valence-electron chi connectivity index (χ0n) is 15.4. The van der Waals surface area contributed by atoms with E-state index in [0.29, 0.717) is 21.7 Å². The molecule has 0 bridgehead atoms. The summed E-state index contributed by atoms with van der Waals surface area (Å²) in [6.07, 6.45) is 0. The van der Waals surface area contributed by atoms with Crippen molar-refractivity contribution < 1.29 is 22.3 Å². The Morgan fingerprint density at radius 2 is 1.62 bits per heavy atom. The number of sulfonamides is 1. The van der Waals surface area contributed by atoms with Crippen molar-refractivity contribution in [3.05, 3.63) is 89.2 Å². The second-order valence-electron chi connectivity index (χ2n) is 5.94. The number of nitrogens with zero attached hydrogens (tertiary/aromatic N) is 1. The van der Waals surface area contributed by atoms with E-state index in [1.165, 1.54) is 66.7 Å². The second-order valence-corrected chi connectivity index (χ2v) is 8.16. The highest BCUT2D eigenvalue weighted by Gasteiger charge is 2.33. The Morgan fingerprint density at radius 3 is 2.21 bits per heavy atom. The minimum absolute atomic E-state index is 0.0525. The van der Waals surface area contributed by atoms with Crippen LogP contribution in [0, 0.1) is 5.82 Å². The molecule has 0 heterocycles. The van der Waals surface area contributed by atoms with Gasteiger partial charge in [0.25, 0.3) is 15.9 Å². The van der Waals surface area contributed by atoms with Crippen molar-refractivity contribution in [2.45, 2.75) is 11.8 Å². The van der Waals surface area contributed by atoms with Crippen LogP contribution in [0.2, 0.25) is 5.02 Å². The third-order valence-electron chi connectivity index (χ3n) is 4.02. The first kappa shape index (κ1) is 20.8. The molecule has 0 fully saturated rings. The zero-order chi connectivity index (χ0) is 21.0. The van der Waals surface area contributed by atoms with E-state index in [1.807, 2.05) is 6.92 Å². The summed E-state index contributed by atoms with van der Waals surface area (Å²) < 4.78 is 46.8. The van der Waals surface area contributed by atoms with Crippen LogP contribution in [-0.2, 0) is 10.0 Å². The first-order chi connectivity index (χ1) is 13.8. The molecule has 8 heteroatoms. The summed E-state index contributed by atoms with van der Waals surface area (Å²) in [4.78, 5) is 13.0. The number of hydrogen-bond donors (Lipinski definition) is 0. The predicted octanol–water partition coefficient (Wildman–Crippen LogP) is 4.91. The molecule has 3 aromatic carbocycles. The van der Waals surface area contributed by atoms with Gasteiger partial charge in [0, 0.05) is 5.02 Å². The van der Waals surface area contributed by atoms with Crippen molar-refractivity contribution in [3.63, 3.8) is 0 Å². The smallest absolute Gasteiger partial charge is 0.275 e. The number of carbonyl (C=O) groups excluding carboxylic acids is 1. The Labute approximate surface area is 173 Å². The number of halogens is 2. The van der Waals surface area contributed by atoms with E-state index in [0.717, 1.165) is 6.07 Å². The van der Waals surface area contributed by atoms with Gasteiger partial charge in [-0.3, -0.25) is 4.79 Å². The average molecular weight is 434 g/mol. The van der Waals surface area contributed by atoms with Gasteiger partial charge in [0.15, 0.2) is 0 Å². The third-order valence-corrected chi connectivity index (χ3v) is 6.00. The maximum absolute atomic E-state index is 14.2. The van der Waals surface area contributed by atoms with Gasteiger partial charge < -0.3 is 4.74 Å². The number of carbonyl (C=O) groups is 1. The van der Waals surface area contributed by atoms with Crippen LogP contribution >= 0.6 is 11.6 Å². The molecule has 0 aliphatic rings. The Bertz CT molecular complexity index is 1120. The van der Waals surface area contributed by atoms with Gasteiger partial charge in [0.05, 0.1) is 22.8 Å². The minimum Gasteiger partial charge on any atom is -0.494 e. The van der Waals surface area contributed by atoms with E-state index in [-0.39, 0.29) is 16.1 Å². The predicted molar refractivity (Wildman–Crippen MR) is 109 cm³/mol. The van der Waals surface area contributed by atoms with E-state index in [1.54, 1.807) is 0 Å². The van der Waals surface area contributed by atoms with Crippen molar-refractivity contribution in [1.29, 1.82) is 0 Å². The lowest BCUT2D eigenvalue weighted by atomic mass is 10.2. The van der Waals surface area contributed by atoms with E-state index >= 15 is 0 Å². The summed E-state index contributed by atoms with van der Waals surface area (Å²) in [7, 11) is -4.34. The third kappa shape index (κ3) is 4.41. The number of ether oxygens (including phenoxy) is 1. The van der Waals surface area contributed by atoms with E-state index in [4.69, 9.17) is 16.3 Å². The lowest BCUT2D eigenvalue weighted by molar-refractivity contribution is 0.100. The molecule has 0 aliphatic carbocycles. The minimum atomic E-state index is -4.34. The summed E-state index contributed by atoms with van der Waals surface area (Å²) in [6, 6.07) is 16.5. The lowest BCUT2D eigenvalue weighted by Gasteiger charge is -2.23. The molecule has 0 radical (unpaired) electrons. The standard InChI is InChI=1S/C21H17ClFNO4S/c1-2-28-17-11-9-16(10-12-17)24(21(25)19-5-3-4-6-20(19)23)29(26,27)18-13-7-15(22)8-14-18/h3-14H,2H2,1H3. The molecule has 0 aliphatic heterocycles. The highest BCUT2D eigenvalue weighted by atomic mass is 35.5. The average Bonchev–Trinajstić information content (AvgIpc) is 2.70. The van der Waals surface area contributed by atoms with Crippen molar-refractivity contribution in [2.24, 2.45) is 0 Å². The molecule has 0 N–H and O–H groups in total. The second kappa shape index (κ2) is 8.63. The molecule has 3 aromatic rings. The summed E-state index contributed by atoms with van der Waals surface area (Å²) in [5.74, 6) is -1.32. The largest absolute Gasteiger partial charge is 0.494 e. The molecular weight excluding hydrogens is 417 g/mol. The van der Waals surface area contributed by atoms with Gasteiger partial charge in [0.1, 0.15) is 11.6 Å². The molecule has 0 saturated carbocycles. The van der Waals surface area contributed by atoms with Crippen molar-refractivity contribution in [3.8, 4) is 5.75 Å². The molecule has 150 valence electrons. The highest BCUT2D eigenvalue weighted by Crippen LogP contribution is 2.29. The van der Waals surface area contributed by atoms with Crippen LogP contribution in [0.15, 0.2) is 77.7 Å². The van der Waals surface area contributed by atoms with Crippen LogP contribution in [0.3, 0.4) is 0 Å². The fourth-order valence-corrected chi connectivity index (χ4v) is 4.20. The summed E-state index contributed by atoms with van der Waals surface area (Å²) >= 11 is 5.85. The van der Waals surface area contributed by atoms with Gasteiger partial charge >= 0.3 is 0 Å². The topological polar surface area (TPSA) is 63.7 Å². The monoisotopic (exact) mass is 433 g/mol. The number of hydrogen-bond acceptors (Lipinski definition) is 4. The van der Waals surface area contributed by atoms with E-state index in [2.05, 4.69) is 0 Å². The molecule has 0 spiro atoms. The fraction of sp³-hybridized carbons (Fsp3) is 0.0952. The van der Waals surface area contributed by atoms with E-state index < -0.39 is 21.7 Å². The highest BCUT2D eigenvalue weighted by molar-refractivity contribution is 7.93. The first-order valence-electron chi connectivity index (χ1n) is 8.67. The summed E-state index contributed by atoms with van der Waals surface area (Å²) in [6.45, 7) is 2.24. The number of benzene rings is 3.